The quantitative estimate of drug-likeness (QED) is 0.0235. The molecule has 0 spiro atoms. The number of carboxylic acids is 8. The first-order valence-electron chi connectivity index (χ1n) is 38.2. The van der Waals surface area contributed by atoms with Crippen LogP contribution in [0.25, 0.3) is 79.2 Å². The van der Waals surface area contributed by atoms with Crippen molar-refractivity contribution in [3.63, 3.8) is 0 Å². The van der Waals surface area contributed by atoms with Crippen LogP contribution in [0.5, 0.6) is 0 Å². The average Bonchev–Trinajstić information content (AvgIpc) is 1.64. The van der Waals surface area contributed by atoms with Crippen LogP contribution < -0.4 is 20.6 Å². The molecule has 18 N–H and O–H groups in total. The molecule has 42 heteroatoms. The summed E-state index contributed by atoms with van der Waals surface area (Å²) in [6.07, 6.45) is 8.42. The third kappa shape index (κ3) is 35.1. The molecule has 2 atom stereocenters. The minimum atomic E-state index is -3.79. The minimum absolute atomic E-state index is 0. The van der Waals surface area contributed by atoms with E-state index in [0.29, 0.717) is 69.1 Å². The first kappa shape index (κ1) is 110. The van der Waals surface area contributed by atoms with Gasteiger partial charge in [0, 0.05) is 34.9 Å². The zero-order valence-electron chi connectivity index (χ0n) is 69.9. The maximum absolute atomic E-state index is 11.4. The number of aliphatic carboxylic acids is 8. The van der Waals surface area contributed by atoms with Crippen molar-refractivity contribution in [2.75, 3.05) is 6.54 Å². The number of benzene rings is 8. The summed E-state index contributed by atoms with van der Waals surface area (Å²) in [5.41, 5.74) is 29.7. The van der Waals surface area contributed by atoms with Crippen molar-refractivity contribution < 1.29 is 155 Å². The van der Waals surface area contributed by atoms with E-state index in [9.17, 15) is 52.8 Å². The van der Waals surface area contributed by atoms with Crippen LogP contribution in [0.1, 0.15) is 76.9 Å². The number of rotatable bonds is 21. The number of nitrogens with one attached hydrogen (secondary N) is 2. The fourth-order valence-corrected chi connectivity index (χ4v) is 13.9. The van der Waals surface area contributed by atoms with E-state index in [1.165, 1.54) is 67.8 Å². The van der Waals surface area contributed by atoms with Crippen LogP contribution in [0.15, 0.2) is 250 Å². The first-order valence-corrected chi connectivity index (χ1v) is 44.3. The molecule has 0 unspecified atom stereocenters. The van der Waals surface area contributed by atoms with Crippen LogP contribution in [-0.2, 0) is 146 Å². The van der Waals surface area contributed by atoms with E-state index < -0.39 is 87.8 Å². The maximum Gasteiger partial charge on any atom is 2.00 e. The summed E-state index contributed by atoms with van der Waals surface area (Å²) in [5, 5.41) is 95.1. The summed E-state index contributed by atoms with van der Waals surface area (Å²) in [5.74, 6) is -10.7. The molecular formula is C88H94N12O24Pt2S4. The van der Waals surface area contributed by atoms with Crippen molar-refractivity contribution in [1.29, 1.82) is 0 Å². The number of carboxylic acid groups (broad SMARTS) is 8. The Hall–Kier alpha value is -12.6. The predicted octanol–water partition coefficient (Wildman–Crippen LogP) is 11.7. The molecule has 13 rings (SSSR count). The van der Waals surface area contributed by atoms with Crippen molar-refractivity contribution in [2.45, 2.75) is 111 Å². The smallest absolute Gasteiger partial charge is 0.679 e. The average molecular weight is 2220 g/mol. The second-order valence-electron chi connectivity index (χ2n) is 28.4. The van der Waals surface area contributed by atoms with Gasteiger partial charge in [-0.3, -0.25) is 19.2 Å². The number of hydrogen-bond acceptors (Lipinski definition) is 18. The van der Waals surface area contributed by atoms with Gasteiger partial charge >= 0.3 is 89.9 Å². The summed E-state index contributed by atoms with van der Waals surface area (Å²) in [4.78, 5) is 80.6. The third-order valence-corrected chi connectivity index (χ3v) is 21.9. The summed E-state index contributed by atoms with van der Waals surface area (Å²) in [6, 6.07) is 62.7. The fraction of sp³-hybridized carbons (Fsp3) is 0.182. The van der Waals surface area contributed by atoms with E-state index in [-0.39, 0.29) is 93.4 Å². The Bertz CT molecular complexity index is 5600. The van der Waals surface area contributed by atoms with E-state index in [1.54, 1.807) is 82.4 Å². The molecule has 694 valence electrons. The number of primary sulfonamides is 4. The van der Waals surface area contributed by atoms with Crippen molar-refractivity contribution in [1.82, 2.24) is 28.7 Å². The molecule has 1 fully saturated rings. The number of nitrogens with zero attached hydrogens (tertiary/aromatic N) is 6. The number of nitrogens with two attached hydrogens (primary N) is 4. The van der Waals surface area contributed by atoms with Gasteiger partial charge in [-0.25, -0.2) is 89.2 Å². The Morgan fingerprint density at radius 2 is 0.600 bits per heavy atom. The van der Waals surface area contributed by atoms with Crippen LogP contribution in [0, 0.1) is 47.5 Å². The van der Waals surface area contributed by atoms with Gasteiger partial charge in [0.2, 0.25) is 40.1 Å². The predicted molar refractivity (Wildman–Crippen MR) is 475 cm³/mol. The largest absolute Gasteiger partial charge is 2.00 e. The SMILES string of the molecule is Cc1ccc(-c2cc(CC(=O)O)cn2-c2ccc(S(N)(=O)=O)cc2)cc1.Cc1ccc(-c2cc(CC(=O)O)cn2-c2ccc(S(N)(=O)=O)cc2)cc1.Cc1ccc(-c2cc(CC(=O)O)nn2-c2ccc(S(N)(=O)=O)cc2)cc1.Cc1ccc(-c2cc(CC(=O)O)nn2-c2ccc(S(N)(=O)=O)cc2)cc1.O=C(O)C(=O)O.O=C(O)C(=O)O.[CH2-]CC[NH-].[CH2-][C@@H]1CCCC[C@H]1[NH-].[Pt+2].[Pt+2]. The van der Waals surface area contributed by atoms with E-state index in [2.05, 4.69) is 24.0 Å². The van der Waals surface area contributed by atoms with E-state index in [0.717, 1.165) is 68.7 Å². The third-order valence-electron chi connectivity index (χ3n) is 18.2. The molecule has 1 aliphatic carbocycles. The summed E-state index contributed by atoms with van der Waals surface area (Å²) < 4.78 is 98.3. The molecule has 130 heavy (non-hydrogen) atoms. The van der Waals surface area contributed by atoms with Crippen molar-refractivity contribution in [2.24, 2.45) is 26.5 Å². The molecule has 4 aromatic heterocycles. The van der Waals surface area contributed by atoms with Crippen LogP contribution in [-0.4, -0.2) is 164 Å². The summed E-state index contributed by atoms with van der Waals surface area (Å²) >= 11 is 0. The molecule has 0 saturated heterocycles. The Morgan fingerprint density at radius 1 is 0.369 bits per heavy atom. The van der Waals surface area contributed by atoms with Gasteiger partial charge in [0.05, 0.1) is 90.8 Å². The van der Waals surface area contributed by atoms with E-state index in [4.69, 9.17) is 92.1 Å². The number of aryl methyl sites for hydroxylation is 4. The summed E-state index contributed by atoms with van der Waals surface area (Å²) in [6.45, 7) is 15.7. The Kier molecular flexibility index (Phi) is 42.6. The summed E-state index contributed by atoms with van der Waals surface area (Å²) in [7, 11) is -15.1. The normalized spacial score (nSPS) is 12.5. The Labute approximate surface area is 778 Å². The second-order valence-corrected chi connectivity index (χ2v) is 34.7. The fourth-order valence-electron chi connectivity index (χ4n) is 11.8. The number of sulfonamides is 4. The molecule has 0 aliphatic heterocycles. The van der Waals surface area contributed by atoms with Crippen molar-refractivity contribution in [3.8, 4) is 67.8 Å². The first-order chi connectivity index (χ1) is 59.9. The van der Waals surface area contributed by atoms with Crippen molar-refractivity contribution >= 4 is 87.8 Å². The van der Waals surface area contributed by atoms with Crippen LogP contribution >= 0.6 is 0 Å². The second kappa shape index (κ2) is 50.4. The van der Waals surface area contributed by atoms with Crippen LogP contribution in [0.3, 0.4) is 0 Å². The molecule has 8 aromatic carbocycles. The monoisotopic (exact) mass is 2220 g/mol. The molecule has 0 bridgehead atoms. The van der Waals surface area contributed by atoms with E-state index >= 15 is 0 Å². The van der Waals surface area contributed by atoms with Crippen LogP contribution in [0.2, 0.25) is 0 Å². The molecular weight excluding hydrogens is 2130 g/mol. The van der Waals surface area contributed by atoms with Crippen LogP contribution in [0.4, 0.5) is 0 Å². The van der Waals surface area contributed by atoms with Gasteiger partial charge in [-0.05, 0) is 171 Å². The molecule has 36 nitrogen and oxygen atoms in total. The molecule has 1 saturated carbocycles. The minimum Gasteiger partial charge on any atom is -0.679 e. The number of hydrogen-bond donors (Lipinski definition) is 12. The van der Waals surface area contributed by atoms with Gasteiger partial charge in [0.25, 0.3) is 0 Å². The Morgan fingerprint density at radius 3 is 0.800 bits per heavy atom. The standard InChI is InChI=1S/2C19H18N2O4S.2C18H17N3O4S.C7H13N.C3H7N.2C2H2O4.2Pt/c2*1-13-2-4-15(5-3-13)18-10-14(11-19(22)23)12-21(18)16-6-8-17(9-7-16)26(20,24)25;2*1-12-2-4-13(5-3-12)17-10-14(11-18(22)23)20-21(17)15-6-8-16(9-7-15)26(19,24)25;1-6-4-2-3-5-7(6)8;1-2-3-4;2*3-1(4)2(5)6;;/h2*2-10,12H,11H2,1H3,(H,22,23)(H2,20,24,25);2*2-10H,11H2,1H3,(H,22,23)(H2,19,24,25);6-8H,1-5H2;4H,1-3H2;2*(H,3,4)(H,5,6);;/q;;;;2*-2;;;2*+2/t;;;;6-,7-;;;;;/m....1...../s1. The van der Waals surface area contributed by atoms with E-state index in [1.807, 2.05) is 146 Å². The Balaban J connectivity index is 0.000000332. The van der Waals surface area contributed by atoms with Gasteiger partial charge < -0.3 is 75.3 Å². The molecule has 4 heterocycles. The van der Waals surface area contributed by atoms with Gasteiger partial charge in [0.15, 0.2) is 0 Å². The number of carbonyl (C=O) groups is 8. The molecule has 0 amide bonds. The van der Waals surface area contributed by atoms with Gasteiger partial charge in [0.1, 0.15) is 0 Å². The molecule has 0 radical (unpaired) electrons. The van der Waals surface area contributed by atoms with Crippen molar-refractivity contribution in [3.05, 3.63) is 301 Å². The molecule has 1 aliphatic rings. The topological polar surface area (TPSA) is 632 Å². The van der Waals surface area contributed by atoms with Gasteiger partial charge in [-0.1, -0.05) is 145 Å². The van der Waals surface area contributed by atoms with Gasteiger partial charge in [-0.2, -0.15) is 28.7 Å². The zero-order valence-corrected chi connectivity index (χ0v) is 77.8. The molecule has 12 aromatic rings. The number of aromatic nitrogens is 6. The van der Waals surface area contributed by atoms with Gasteiger partial charge in [-0.15, -0.1) is 0 Å². The zero-order chi connectivity index (χ0) is 95.3. The maximum atomic E-state index is 11.4.